The van der Waals surface area contributed by atoms with Crippen LogP contribution in [0.2, 0.25) is 0 Å². The summed E-state index contributed by atoms with van der Waals surface area (Å²) in [5.41, 5.74) is 4.67. The zero-order valence-electron chi connectivity index (χ0n) is 6.62. The third kappa shape index (κ3) is 40.8. The van der Waals surface area contributed by atoms with Crippen molar-refractivity contribution in [1.82, 2.24) is 5.32 Å². The number of urea groups is 1. The second kappa shape index (κ2) is 22.8. The van der Waals surface area contributed by atoms with Crippen LogP contribution in [0.4, 0.5) is 4.79 Å². The molecule has 0 fully saturated rings. The number of primary amides is 1. The number of carbonyl (C=O) groups is 4. The van der Waals surface area contributed by atoms with Crippen LogP contribution in [0.25, 0.3) is 0 Å². The van der Waals surface area contributed by atoms with E-state index in [1.54, 1.807) is 0 Å². The summed E-state index contributed by atoms with van der Waals surface area (Å²) in [7, 11) is 0. The molecule has 6 heteroatoms. The van der Waals surface area contributed by atoms with Crippen molar-refractivity contribution in [2.75, 3.05) is 6.54 Å². The summed E-state index contributed by atoms with van der Waals surface area (Å²) in [6.07, 6.45) is 1.04. The molecule has 0 atom stereocenters. The van der Waals surface area contributed by atoms with E-state index in [0.29, 0.717) is 13.0 Å². The molecule has 0 aliphatic carbocycles. The third-order valence-electron chi connectivity index (χ3n) is 0.561. The number of rotatable bonds is 3. The van der Waals surface area contributed by atoms with Gasteiger partial charge in [-0.25, -0.2) is 4.79 Å². The Morgan fingerprint density at radius 3 is 2.00 bits per heavy atom. The van der Waals surface area contributed by atoms with E-state index in [-0.39, 0.29) is 0 Å². The van der Waals surface area contributed by atoms with Gasteiger partial charge in [-0.1, -0.05) is 0 Å². The van der Waals surface area contributed by atoms with Crippen LogP contribution < -0.4 is 11.1 Å². The Balaban J connectivity index is -0.000000175. The molecule has 0 aromatic heterocycles. The van der Waals surface area contributed by atoms with Crippen molar-refractivity contribution >= 4 is 25.9 Å². The van der Waals surface area contributed by atoms with Gasteiger partial charge in [0.25, 0.3) is 0 Å². The van der Waals surface area contributed by atoms with Gasteiger partial charge in [0.15, 0.2) is 0 Å². The SMILES string of the molecule is C=O.C=O.NC(=O)NCCC=O. The van der Waals surface area contributed by atoms with Crippen LogP contribution in [-0.4, -0.2) is 32.4 Å². The Morgan fingerprint density at radius 1 is 1.33 bits per heavy atom. The van der Waals surface area contributed by atoms with Crippen LogP contribution in [0.3, 0.4) is 0 Å². The van der Waals surface area contributed by atoms with Gasteiger partial charge in [-0.15, -0.1) is 0 Å². The Hall–Kier alpha value is -1.72. The molecule has 0 saturated heterocycles. The second-order valence-corrected chi connectivity index (χ2v) is 1.25. The molecule has 3 N–H and O–H groups in total. The number of hydrogen-bond donors (Lipinski definition) is 2. The minimum absolute atomic E-state index is 0.322. The van der Waals surface area contributed by atoms with E-state index < -0.39 is 6.03 Å². The smallest absolute Gasteiger partial charge is 0.312 e. The molecule has 2 amide bonds. The maximum absolute atomic E-state index is 9.87. The fourth-order valence-electron chi connectivity index (χ4n) is 0.254. The minimum atomic E-state index is -0.591. The lowest BCUT2D eigenvalue weighted by molar-refractivity contribution is -0.107. The number of carbonyl (C=O) groups excluding carboxylic acids is 4. The minimum Gasteiger partial charge on any atom is -0.352 e. The Labute approximate surface area is 70.1 Å². The first-order valence-electron chi connectivity index (χ1n) is 2.82. The molecule has 0 radical (unpaired) electrons. The molecule has 12 heavy (non-hydrogen) atoms. The molecule has 70 valence electrons. The Bertz CT molecular complexity index is 116. The molecule has 0 aliphatic rings. The zero-order valence-corrected chi connectivity index (χ0v) is 6.62. The summed E-state index contributed by atoms with van der Waals surface area (Å²) in [6.45, 7) is 4.33. The molecule has 0 rings (SSSR count). The summed E-state index contributed by atoms with van der Waals surface area (Å²) >= 11 is 0. The van der Waals surface area contributed by atoms with Gasteiger partial charge in [-0.05, 0) is 0 Å². The van der Waals surface area contributed by atoms with Gasteiger partial charge in [0.1, 0.15) is 19.9 Å². The van der Waals surface area contributed by atoms with Gasteiger partial charge in [0.2, 0.25) is 0 Å². The quantitative estimate of drug-likeness (QED) is 0.419. The first kappa shape index (κ1) is 16.7. The maximum atomic E-state index is 9.87. The largest absolute Gasteiger partial charge is 0.352 e. The first-order chi connectivity index (χ1) is 5.77. The molecule has 0 aliphatic heterocycles. The fourth-order valence-corrected chi connectivity index (χ4v) is 0.254. The number of nitrogens with two attached hydrogens (primary N) is 1. The van der Waals surface area contributed by atoms with Crippen LogP contribution in [0.5, 0.6) is 0 Å². The van der Waals surface area contributed by atoms with E-state index in [1.165, 1.54) is 0 Å². The molecule has 0 unspecified atom stereocenters. The van der Waals surface area contributed by atoms with E-state index in [0.717, 1.165) is 6.29 Å². The monoisotopic (exact) mass is 176 g/mol. The number of amides is 2. The van der Waals surface area contributed by atoms with E-state index >= 15 is 0 Å². The van der Waals surface area contributed by atoms with Crippen LogP contribution in [-0.2, 0) is 14.4 Å². The highest BCUT2D eigenvalue weighted by Crippen LogP contribution is 1.64. The highest BCUT2D eigenvalue weighted by Gasteiger charge is 1.86. The summed E-state index contributed by atoms with van der Waals surface area (Å²) in [6, 6.07) is -0.591. The van der Waals surface area contributed by atoms with Gasteiger partial charge in [0.05, 0.1) is 0 Å². The van der Waals surface area contributed by atoms with Crippen molar-refractivity contribution in [3.8, 4) is 0 Å². The normalized spacial score (nSPS) is 6.00. The van der Waals surface area contributed by atoms with Gasteiger partial charge in [0, 0.05) is 13.0 Å². The number of nitrogens with one attached hydrogen (secondary N) is 1. The van der Waals surface area contributed by atoms with Gasteiger partial charge < -0.3 is 25.4 Å². The predicted molar refractivity (Wildman–Crippen MR) is 42.5 cm³/mol. The van der Waals surface area contributed by atoms with Crippen molar-refractivity contribution in [2.45, 2.75) is 6.42 Å². The maximum Gasteiger partial charge on any atom is 0.312 e. The van der Waals surface area contributed by atoms with E-state index in [9.17, 15) is 9.59 Å². The fraction of sp³-hybridized carbons (Fsp3) is 0.333. The van der Waals surface area contributed by atoms with Crippen LogP contribution >= 0.6 is 0 Å². The summed E-state index contributed by atoms with van der Waals surface area (Å²) in [5.74, 6) is 0. The molecular formula is C6H12N2O4. The van der Waals surface area contributed by atoms with E-state index in [2.05, 4.69) is 11.1 Å². The molecule has 0 heterocycles. The Morgan fingerprint density at radius 2 is 1.75 bits per heavy atom. The average molecular weight is 176 g/mol. The van der Waals surface area contributed by atoms with Crippen molar-refractivity contribution in [3.05, 3.63) is 0 Å². The van der Waals surface area contributed by atoms with E-state index in [1.807, 2.05) is 13.6 Å². The van der Waals surface area contributed by atoms with E-state index in [4.69, 9.17) is 9.59 Å². The van der Waals surface area contributed by atoms with Crippen LogP contribution in [0.1, 0.15) is 6.42 Å². The molecule has 0 spiro atoms. The zero-order chi connectivity index (χ0) is 10.4. The molecule has 6 nitrogen and oxygen atoms in total. The molecular weight excluding hydrogens is 164 g/mol. The first-order valence-corrected chi connectivity index (χ1v) is 2.82. The lowest BCUT2D eigenvalue weighted by Gasteiger charge is -1.92. The molecule has 0 bridgehead atoms. The molecule has 0 aromatic rings. The standard InChI is InChI=1S/C4H8N2O2.2CH2O/c5-4(8)6-2-1-3-7;2*1-2/h3H,1-2H2,(H3,5,6,8);2*1H2. The van der Waals surface area contributed by atoms with Crippen LogP contribution in [0, 0.1) is 0 Å². The number of aldehydes is 1. The molecule has 0 aromatic carbocycles. The van der Waals surface area contributed by atoms with Gasteiger partial charge >= 0.3 is 6.03 Å². The number of hydrogen-bond acceptors (Lipinski definition) is 4. The highest BCUT2D eigenvalue weighted by molar-refractivity contribution is 5.71. The van der Waals surface area contributed by atoms with Crippen molar-refractivity contribution in [3.63, 3.8) is 0 Å². The van der Waals surface area contributed by atoms with Crippen molar-refractivity contribution in [2.24, 2.45) is 5.73 Å². The van der Waals surface area contributed by atoms with Crippen molar-refractivity contribution in [1.29, 1.82) is 0 Å². The topological polar surface area (TPSA) is 106 Å². The average Bonchev–Trinajstić information content (AvgIpc) is 2.12. The third-order valence-corrected chi connectivity index (χ3v) is 0.561. The summed E-state index contributed by atoms with van der Waals surface area (Å²) in [5, 5.41) is 2.25. The summed E-state index contributed by atoms with van der Waals surface area (Å²) < 4.78 is 0. The second-order valence-electron chi connectivity index (χ2n) is 1.25. The predicted octanol–water partition coefficient (Wildman–Crippen LogP) is -1.13. The van der Waals surface area contributed by atoms with Gasteiger partial charge in [-0.2, -0.15) is 0 Å². The summed E-state index contributed by atoms with van der Waals surface area (Å²) in [4.78, 5) is 35.5. The lowest BCUT2D eigenvalue weighted by Crippen LogP contribution is -2.30. The highest BCUT2D eigenvalue weighted by atomic mass is 16.2. The molecule has 0 saturated carbocycles. The van der Waals surface area contributed by atoms with Crippen molar-refractivity contribution < 1.29 is 19.2 Å². The lowest BCUT2D eigenvalue weighted by atomic mass is 10.5. The van der Waals surface area contributed by atoms with Crippen LogP contribution in [0.15, 0.2) is 0 Å². The van der Waals surface area contributed by atoms with Gasteiger partial charge in [-0.3, -0.25) is 0 Å². The Kier molecular flexibility index (Phi) is 31.8.